The van der Waals surface area contributed by atoms with Gasteiger partial charge < -0.3 is 10.1 Å². The van der Waals surface area contributed by atoms with Gasteiger partial charge >= 0.3 is 5.97 Å². The van der Waals surface area contributed by atoms with Crippen molar-refractivity contribution in [3.63, 3.8) is 0 Å². The summed E-state index contributed by atoms with van der Waals surface area (Å²) in [6.45, 7) is 2.08. The summed E-state index contributed by atoms with van der Waals surface area (Å²) in [7, 11) is 0. The summed E-state index contributed by atoms with van der Waals surface area (Å²) in [5, 5.41) is 3.16. The van der Waals surface area contributed by atoms with Gasteiger partial charge in [0.1, 0.15) is 0 Å². The maximum absolute atomic E-state index is 12.9. The molecule has 1 aliphatic rings. The zero-order valence-electron chi connectivity index (χ0n) is 22.0. The SMILES string of the molecule is Cc1ccc(CNC2CC(=O)N(c3ccc(C(=O)OCC(=O)c4ccc(-c5ccccc5)cc4)cc3)C2=O)cc1. The van der Waals surface area contributed by atoms with Crippen LogP contribution >= 0.6 is 0 Å². The molecule has 7 nitrogen and oxygen atoms in total. The van der Waals surface area contributed by atoms with E-state index in [0.29, 0.717) is 17.8 Å². The van der Waals surface area contributed by atoms with Gasteiger partial charge in [0.15, 0.2) is 12.4 Å². The van der Waals surface area contributed by atoms with Crippen molar-refractivity contribution in [2.24, 2.45) is 0 Å². The predicted molar refractivity (Wildman–Crippen MR) is 152 cm³/mol. The molecule has 40 heavy (non-hydrogen) atoms. The van der Waals surface area contributed by atoms with Gasteiger partial charge in [-0.3, -0.25) is 14.4 Å². The molecule has 5 rings (SSSR count). The Labute approximate surface area is 232 Å². The van der Waals surface area contributed by atoms with Crippen LogP contribution in [0.25, 0.3) is 11.1 Å². The summed E-state index contributed by atoms with van der Waals surface area (Å²) in [5.41, 5.74) is 5.23. The number of ether oxygens (including phenoxy) is 1. The number of nitrogens with one attached hydrogen (secondary N) is 1. The lowest BCUT2D eigenvalue weighted by atomic mass is 10.0. The highest BCUT2D eigenvalue weighted by Crippen LogP contribution is 2.24. The predicted octanol–water partition coefficient (Wildman–Crippen LogP) is 5.12. The lowest BCUT2D eigenvalue weighted by Crippen LogP contribution is -2.38. The van der Waals surface area contributed by atoms with E-state index >= 15 is 0 Å². The van der Waals surface area contributed by atoms with Crippen molar-refractivity contribution >= 4 is 29.3 Å². The van der Waals surface area contributed by atoms with Crippen molar-refractivity contribution in [1.29, 1.82) is 0 Å². The second-order valence-corrected chi connectivity index (χ2v) is 9.68. The first-order chi connectivity index (χ1) is 19.4. The first kappa shape index (κ1) is 26.7. The molecule has 1 unspecified atom stereocenters. The van der Waals surface area contributed by atoms with Crippen molar-refractivity contribution in [2.45, 2.75) is 25.9 Å². The number of ketones is 1. The minimum atomic E-state index is -0.669. The van der Waals surface area contributed by atoms with E-state index in [1.54, 1.807) is 12.1 Å². The Balaban J connectivity index is 1.15. The molecule has 1 aliphatic heterocycles. The van der Waals surface area contributed by atoms with Gasteiger partial charge in [0.25, 0.3) is 5.91 Å². The Morgan fingerprint density at radius 1 is 0.800 bits per heavy atom. The number of esters is 1. The van der Waals surface area contributed by atoms with Crippen LogP contribution in [0.1, 0.15) is 38.3 Å². The first-order valence-electron chi connectivity index (χ1n) is 13.0. The van der Waals surface area contributed by atoms with Crippen LogP contribution in [0.5, 0.6) is 0 Å². The van der Waals surface area contributed by atoms with Gasteiger partial charge in [0.05, 0.1) is 23.7 Å². The number of amides is 2. The number of nitrogens with zero attached hydrogens (tertiary/aromatic N) is 1. The van der Waals surface area contributed by atoms with E-state index in [2.05, 4.69) is 5.32 Å². The van der Waals surface area contributed by atoms with Crippen molar-refractivity contribution in [2.75, 3.05) is 11.5 Å². The van der Waals surface area contributed by atoms with E-state index < -0.39 is 18.6 Å². The van der Waals surface area contributed by atoms with Crippen molar-refractivity contribution in [3.05, 3.63) is 125 Å². The standard InChI is InChI=1S/C33H28N2O5/c1-22-7-9-23(10-8-22)20-34-29-19-31(37)35(32(29)38)28-17-15-27(16-18-28)33(39)40-21-30(36)26-13-11-25(12-14-26)24-5-3-2-4-6-24/h2-18,29,34H,19-21H2,1H3. The molecule has 1 fully saturated rings. The van der Waals surface area contributed by atoms with Gasteiger partial charge in [0, 0.05) is 12.1 Å². The fourth-order valence-electron chi connectivity index (χ4n) is 4.53. The Morgan fingerprint density at radius 3 is 2.10 bits per heavy atom. The number of aryl methyl sites for hydroxylation is 1. The van der Waals surface area contributed by atoms with Gasteiger partial charge in [-0.2, -0.15) is 0 Å². The highest BCUT2D eigenvalue weighted by atomic mass is 16.5. The van der Waals surface area contributed by atoms with Crippen LogP contribution in [0.2, 0.25) is 0 Å². The third-order valence-electron chi connectivity index (χ3n) is 6.83. The van der Waals surface area contributed by atoms with Crippen LogP contribution < -0.4 is 10.2 Å². The molecule has 1 N–H and O–H groups in total. The fourth-order valence-corrected chi connectivity index (χ4v) is 4.53. The number of Topliss-reactive ketones (excluding diaryl/α,β-unsaturated/α-hetero) is 1. The molecule has 0 bridgehead atoms. The van der Waals surface area contributed by atoms with Gasteiger partial charge in [-0.1, -0.05) is 84.4 Å². The number of hydrogen-bond donors (Lipinski definition) is 1. The van der Waals surface area contributed by atoms with Crippen LogP contribution in [-0.4, -0.2) is 36.2 Å². The summed E-state index contributed by atoms with van der Waals surface area (Å²) in [6.07, 6.45) is 0.0585. The Morgan fingerprint density at radius 2 is 1.43 bits per heavy atom. The molecular formula is C33H28N2O5. The third-order valence-corrected chi connectivity index (χ3v) is 6.83. The number of carbonyl (C=O) groups is 4. The van der Waals surface area contributed by atoms with Gasteiger partial charge in [-0.25, -0.2) is 9.69 Å². The minimum absolute atomic E-state index is 0.0585. The summed E-state index contributed by atoms with van der Waals surface area (Å²) in [6, 6.07) is 30.3. The van der Waals surface area contributed by atoms with E-state index in [1.807, 2.05) is 73.7 Å². The summed E-state index contributed by atoms with van der Waals surface area (Å²) >= 11 is 0. The molecule has 0 spiro atoms. The highest BCUT2D eigenvalue weighted by molar-refractivity contribution is 6.22. The summed E-state index contributed by atoms with van der Waals surface area (Å²) < 4.78 is 5.22. The van der Waals surface area contributed by atoms with E-state index in [1.165, 1.54) is 24.3 Å². The monoisotopic (exact) mass is 532 g/mol. The summed E-state index contributed by atoms with van der Waals surface area (Å²) in [4.78, 5) is 51.8. The normalized spacial score (nSPS) is 14.8. The molecular weight excluding hydrogens is 504 g/mol. The quantitative estimate of drug-likeness (QED) is 0.183. The average molecular weight is 533 g/mol. The largest absolute Gasteiger partial charge is 0.454 e. The second kappa shape index (κ2) is 11.9. The van der Waals surface area contributed by atoms with Crippen molar-refractivity contribution in [1.82, 2.24) is 5.32 Å². The van der Waals surface area contributed by atoms with Crippen molar-refractivity contribution in [3.8, 4) is 11.1 Å². The Hall–Kier alpha value is -4.88. The number of imide groups is 1. The number of rotatable bonds is 9. The van der Waals surface area contributed by atoms with Crippen LogP contribution in [0.4, 0.5) is 5.69 Å². The first-order valence-corrected chi connectivity index (χ1v) is 13.0. The molecule has 1 heterocycles. The molecule has 200 valence electrons. The van der Waals surface area contributed by atoms with Crippen LogP contribution in [0, 0.1) is 6.92 Å². The lowest BCUT2D eigenvalue weighted by molar-refractivity contribution is -0.121. The van der Waals surface area contributed by atoms with Crippen LogP contribution in [0.15, 0.2) is 103 Å². The molecule has 0 aliphatic carbocycles. The van der Waals surface area contributed by atoms with E-state index in [0.717, 1.165) is 27.2 Å². The maximum Gasteiger partial charge on any atom is 0.338 e. The molecule has 0 saturated carbocycles. The topological polar surface area (TPSA) is 92.8 Å². The molecule has 4 aromatic carbocycles. The molecule has 0 radical (unpaired) electrons. The number of anilines is 1. The minimum Gasteiger partial charge on any atom is -0.454 e. The Kier molecular flexibility index (Phi) is 7.94. The molecule has 1 saturated heterocycles. The smallest absolute Gasteiger partial charge is 0.338 e. The number of carbonyl (C=O) groups excluding carboxylic acids is 4. The second-order valence-electron chi connectivity index (χ2n) is 9.68. The Bertz CT molecular complexity index is 1530. The lowest BCUT2D eigenvalue weighted by Gasteiger charge is -2.16. The molecule has 1 atom stereocenters. The number of benzene rings is 4. The highest BCUT2D eigenvalue weighted by Gasteiger charge is 2.39. The fraction of sp³-hybridized carbons (Fsp3) is 0.152. The van der Waals surface area contributed by atoms with E-state index in [4.69, 9.17) is 4.74 Å². The number of hydrogen-bond acceptors (Lipinski definition) is 6. The molecule has 2 amide bonds. The summed E-state index contributed by atoms with van der Waals surface area (Å²) in [5.74, 6) is -1.64. The third kappa shape index (κ3) is 6.06. The average Bonchev–Trinajstić information content (AvgIpc) is 3.28. The zero-order valence-corrected chi connectivity index (χ0v) is 22.0. The van der Waals surface area contributed by atoms with Gasteiger partial charge in [0.2, 0.25) is 5.91 Å². The van der Waals surface area contributed by atoms with Gasteiger partial charge in [-0.15, -0.1) is 0 Å². The van der Waals surface area contributed by atoms with E-state index in [9.17, 15) is 19.2 Å². The molecule has 4 aromatic rings. The maximum atomic E-state index is 12.9. The molecule has 7 heteroatoms. The zero-order chi connectivity index (χ0) is 28.1. The van der Waals surface area contributed by atoms with Crippen LogP contribution in [-0.2, 0) is 20.9 Å². The van der Waals surface area contributed by atoms with Crippen LogP contribution in [0.3, 0.4) is 0 Å². The van der Waals surface area contributed by atoms with Gasteiger partial charge in [-0.05, 0) is 47.9 Å². The van der Waals surface area contributed by atoms with Crippen molar-refractivity contribution < 1.29 is 23.9 Å². The van der Waals surface area contributed by atoms with E-state index in [-0.39, 0.29) is 29.6 Å². The molecule has 0 aromatic heterocycles.